The Kier molecular flexibility index (Phi) is 8.32. The van der Waals surface area contributed by atoms with Gasteiger partial charge in [0.2, 0.25) is 5.88 Å². The third-order valence-corrected chi connectivity index (χ3v) is 7.70. The van der Waals surface area contributed by atoms with Crippen LogP contribution in [0.5, 0.6) is 11.6 Å². The number of pyridine rings is 1. The van der Waals surface area contributed by atoms with Crippen molar-refractivity contribution in [2.75, 3.05) is 43.7 Å². The number of piperidine rings is 1. The monoisotopic (exact) mass is 557 g/mol. The van der Waals surface area contributed by atoms with Gasteiger partial charge in [0, 0.05) is 56.9 Å². The summed E-state index contributed by atoms with van der Waals surface area (Å²) in [6, 6.07) is 9.59. The summed E-state index contributed by atoms with van der Waals surface area (Å²) in [5, 5.41) is 21.5. The summed E-state index contributed by atoms with van der Waals surface area (Å²) in [5.41, 5.74) is 1.82. The number of carboxylic acid groups (broad SMARTS) is 1. The highest BCUT2D eigenvalue weighted by molar-refractivity contribution is 6.33. The Labute approximate surface area is 231 Å². The fourth-order valence-corrected chi connectivity index (χ4v) is 5.70. The lowest BCUT2D eigenvalue weighted by Gasteiger charge is -2.40. The van der Waals surface area contributed by atoms with Gasteiger partial charge in [-0.15, -0.1) is 5.10 Å². The first-order valence-electron chi connectivity index (χ1n) is 12.9. The number of halogens is 1. The molecule has 0 aliphatic carbocycles. The lowest BCUT2D eigenvalue weighted by Crippen LogP contribution is -2.47. The molecule has 4 unspecified atom stereocenters. The summed E-state index contributed by atoms with van der Waals surface area (Å²) < 4.78 is 19.0. The third kappa shape index (κ3) is 6.34. The number of ether oxygens (including phenoxy) is 3. The number of rotatable bonds is 10. The van der Waals surface area contributed by atoms with Gasteiger partial charge in [-0.05, 0) is 41.1 Å². The molecule has 3 aromatic rings. The first-order chi connectivity index (χ1) is 18.9. The van der Waals surface area contributed by atoms with Gasteiger partial charge in [0.25, 0.3) is 0 Å². The van der Waals surface area contributed by atoms with Crippen molar-refractivity contribution in [3.05, 3.63) is 47.9 Å². The summed E-state index contributed by atoms with van der Waals surface area (Å²) >= 11 is 6.50. The Morgan fingerprint density at radius 3 is 2.72 bits per heavy atom. The molecule has 2 fully saturated rings. The van der Waals surface area contributed by atoms with E-state index in [9.17, 15) is 9.90 Å². The van der Waals surface area contributed by atoms with Crippen LogP contribution in [0.2, 0.25) is 5.02 Å². The largest absolute Gasteiger partial charge is 0.490 e. The van der Waals surface area contributed by atoms with E-state index >= 15 is 0 Å². The van der Waals surface area contributed by atoms with Gasteiger partial charge in [0.05, 0.1) is 43.1 Å². The van der Waals surface area contributed by atoms with E-state index in [2.05, 4.69) is 30.3 Å². The number of tetrazole rings is 1. The maximum absolute atomic E-state index is 11.4. The molecule has 2 aliphatic rings. The van der Waals surface area contributed by atoms with Crippen molar-refractivity contribution in [3.63, 3.8) is 0 Å². The number of hydrogen-bond acceptors (Lipinski definition) is 10. The molecule has 2 aliphatic heterocycles. The Morgan fingerprint density at radius 2 is 2.03 bits per heavy atom. The van der Waals surface area contributed by atoms with Crippen LogP contribution >= 0.6 is 11.6 Å². The van der Waals surface area contributed by atoms with Crippen LogP contribution < -0.4 is 19.3 Å². The van der Waals surface area contributed by atoms with Crippen LogP contribution in [0.3, 0.4) is 0 Å². The molecule has 13 heteroatoms. The number of carbonyl (C=O) groups is 1. The highest BCUT2D eigenvalue weighted by atomic mass is 35.5. The SMILES string of the molecule is COc1cc(N2CCC(Oc3ccc(N4CC(OC)CC4CC(=O)O)cc3)C(Cn3cnnn3)C2)c(Cl)cn1. The van der Waals surface area contributed by atoms with Gasteiger partial charge in [-0.25, -0.2) is 9.67 Å². The van der Waals surface area contributed by atoms with Gasteiger partial charge in [-0.1, -0.05) is 11.6 Å². The maximum Gasteiger partial charge on any atom is 0.305 e. The fraction of sp³-hybridized carbons (Fsp3) is 0.500. The number of carboxylic acids is 1. The second-order valence-corrected chi connectivity index (χ2v) is 10.3. The molecule has 39 heavy (non-hydrogen) atoms. The molecule has 0 spiro atoms. The molecule has 2 saturated heterocycles. The normalized spacial score (nSPS) is 23.2. The molecular formula is C26H32ClN7O5. The third-order valence-electron chi connectivity index (χ3n) is 7.41. The summed E-state index contributed by atoms with van der Waals surface area (Å²) in [4.78, 5) is 19.9. The van der Waals surface area contributed by atoms with Gasteiger partial charge in [-0.2, -0.15) is 0 Å². The molecule has 1 aromatic carbocycles. The van der Waals surface area contributed by atoms with E-state index in [0.717, 1.165) is 30.1 Å². The number of aromatic nitrogens is 5. The molecule has 4 atom stereocenters. The number of nitrogens with zero attached hydrogens (tertiary/aromatic N) is 7. The Hall–Kier alpha value is -3.64. The van der Waals surface area contributed by atoms with E-state index in [-0.39, 0.29) is 30.6 Å². The van der Waals surface area contributed by atoms with Crippen LogP contribution in [0.4, 0.5) is 11.4 Å². The second-order valence-electron chi connectivity index (χ2n) is 9.85. The minimum atomic E-state index is -0.812. The van der Waals surface area contributed by atoms with E-state index in [1.54, 1.807) is 31.4 Å². The van der Waals surface area contributed by atoms with E-state index in [4.69, 9.17) is 25.8 Å². The van der Waals surface area contributed by atoms with Crippen molar-refractivity contribution in [1.29, 1.82) is 0 Å². The topological polar surface area (TPSA) is 128 Å². The van der Waals surface area contributed by atoms with E-state index in [0.29, 0.717) is 37.0 Å². The first-order valence-corrected chi connectivity index (χ1v) is 13.2. The van der Waals surface area contributed by atoms with Crippen LogP contribution in [0, 0.1) is 5.92 Å². The van der Waals surface area contributed by atoms with Crippen LogP contribution in [-0.2, 0) is 16.1 Å². The van der Waals surface area contributed by atoms with Crippen LogP contribution in [0.15, 0.2) is 42.9 Å². The van der Waals surface area contributed by atoms with E-state index in [1.165, 1.54) is 0 Å². The predicted octanol–water partition coefficient (Wildman–Crippen LogP) is 2.77. The van der Waals surface area contributed by atoms with Crippen molar-refractivity contribution in [3.8, 4) is 11.6 Å². The number of benzene rings is 1. The molecule has 0 bridgehead atoms. The van der Waals surface area contributed by atoms with E-state index < -0.39 is 5.97 Å². The minimum Gasteiger partial charge on any atom is -0.490 e. The predicted molar refractivity (Wildman–Crippen MR) is 144 cm³/mol. The molecule has 0 amide bonds. The summed E-state index contributed by atoms with van der Waals surface area (Å²) in [6.07, 6.45) is 4.66. The van der Waals surface area contributed by atoms with Crippen LogP contribution in [0.1, 0.15) is 19.3 Å². The maximum atomic E-state index is 11.4. The van der Waals surface area contributed by atoms with Gasteiger partial charge in [0.1, 0.15) is 18.2 Å². The first kappa shape index (κ1) is 26.9. The van der Waals surface area contributed by atoms with Gasteiger partial charge in [-0.3, -0.25) is 4.79 Å². The summed E-state index contributed by atoms with van der Waals surface area (Å²) in [6.45, 7) is 2.65. The lowest BCUT2D eigenvalue weighted by molar-refractivity contribution is -0.137. The highest BCUT2D eigenvalue weighted by Gasteiger charge is 2.35. The molecule has 12 nitrogen and oxygen atoms in total. The van der Waals surface area contributed by atoms with Crippen molar-refractivity contribution in [1.82, 2.24) is 25.2 Å². The van der Waals surface area contributed by atoms with Gasteiger partial charge in [0.15, 0.2) is 0 Å². The average molecular weight is 558 g/mol. The van der Waals surface area contributed by atoms with Crippen LogP contribution in [-0.4, -0.2) is 88.4 Å². The van der Waals surface area contributed by atoms with Crippen molar-refractivity contribution < 1.29 is 24.1 Å². The van der Waals surface area contributed by atoms with Gasteiger partial charge < -0.3 is 29.1 Å². The summed E-state index contributed by atoms with van der Waals surface area (Å²) in [5.74, 6) is 0.511. The number of anilines is 2. The molecule has 4 heterocycles. The molecule has 0 saturated carbocycles. The minimum absolute atomic E-state index is 0.0105. The van der Waals surface area contributed by atoms with Crippen molar-refractivity contribution in [2.45, 2.75) is 44.1 Å². The molecule has 2 aromatic heterocycles. The number of aliphatic carboxylic acids is 1. The molecule has 5 rings (SSSR count). The quantitative estimate of drug-likeness (QED) is 0.395. The summed E-state index contributed by atoms with van der Waals surface area (Å²) in [7, 11) is 3.25. The second kappa shape index (κ2) is 12.0. The Bertz CT molecular complexity index is 1250. The van der Waals surface area contributed by atoms with Gasteiger partial charge >= 0.3 is 5.97 Å². The Balaban J connectivity index is 1.30. The zero-order chi connectivity index (χ0) is 27.4. The fourth-order valence-electron chi connectivity index (χ4n) is 5.47. The number of hydrogen-bond donors (Lipinski definition) is 1. The molecule has 1 N–H and O–H groups in total. The average Bonchev–Trinajstić information content (AvgIpc) is 3.60. The lowest BCUT2D eigenvalue weighted by atomic mass is 9.93. The van der Waals surface area contributed by atoms with Crippen molar-refractivity contribution >= 4 is 28.9 Å². The smallest absolute Gasteiger partial charge is 0.305 e. The molecule has 0 radical (unpaired) electrons. The number of methoxy groups -OCH3 is 2. The van der Waals surface area contributed by atoms with E-state index in [1.807, 2.05) is 30.3 Å². The molecule has 208 valence electrons. The van der Waals surface area contributed by atoms with Crippen LogP contribution in [0.25, 0.3) is 0 Å². The van der Waals surface area contributed by atoms with Crippen molar-refractivity contribution in [2.24, 2.45) is 5.92 Å². The highest BCUT2D eigenvalue weighted by Crippen LogP contribution is 2.35. The molecular weight excluding hydrogens is 526 g/mol. The Morgan fingerprint density at radius 1 is 1.21 bits per heavy atom. The standard InChI is InChI=1S/C26H32ClN7O5/c1-37-21-9-19(10-26(35)36)34(15-21)18-3-5-20(6-4-18)39-24-7-8-32(13-17(24)14-33-16-29-30-31-33)23-11-25(38-2)28-12-22(23)27/h3-6,11-12,16-17,19,21,24H,7-10,13-15H2,1-2H3,(H,35,36). The zero-order valence-corrected chi connectivity index (χ0v) is 22.6. The zero-order valence-electron chi connectivity index (χ0n) is 21.9.